The summed E-state index contributed by atoms with van der Waals surface area (Å²) in [4.78, 5) is 17.1. The molecule has 27 heavy (non-hydrogen) atoms. The van der Waals surface area contributed by atoms with Crippen molar-refractivity contribution in [1.29, 1.82) is 0 Å². The van der Waals surface area contributed by atoms with Crippen LogP contribution >= 0.6 is 11.3 Å². The van der Waals surface area contributed by atoms with Gasteiger partial charge in [-0.2, -0.15) is 28.4 Å². The molecule has 1 N–H and O–H groups in total. The van der Waals surface area contributed by atoms with Crippen molar-refractivity contribution in [2.75, 3.05) is 5.32 Å². The highest BCUT2D eigenvalue weighted by Gasteiger charge is 2.46. The predicted molar refractivity (Wildman–Crippen MR) is 91.4 cm³/mol. The third-order valence-electron chi connectivity index (χ3n) is 4.16. The SMILES string of the molecule is CCn1cc([C@@H]2C(C(=O)c3cccs3)=C(C(F)(F)F)Nc3ncnn32)cn1. The number of nitrogens with zero attached hydrogens (tertiary/aromatic N) is 5. The van der Waals surface area contributed by atoms with Crippen LogP contribution in [0.25, 0.3) is 0 Å². The Morgan fingerprint density at radius 1 is 1.37 bits per heavy atom. The van der Waals surface area contributed by atoms with E-state index in [2.05, 4.69) is 20.5 Å². The molecule has 4 rings (SSSR count). The van der Waals surface area contributed by atoms with Crippen LogP contribution in [-0.2, 0) is 6.54 Å². The number of hydrogen-bond donors (Lipinski definition) is 1. The number of alkyl halides is 3. The van der Waals surface area contributed by atoms with Crippen molar-refractivity contribution >= 4 is 23.1 Å². The lowest BCUT2D eigenvalue weighted by molar-refractivity contribution is -0.0918. The van der Waals surface area contributed by atoms with E-state index in [-0.39, 0.29) is 10.8 Å². The van der Waals surface area contributed by atoms with Gasteiger partial charge in [0, 0.05) is 18.3 Å². The molecule has 0 bridgehead atoms. The Labute approximate surface area is 155 Å². The number of thiophene rings is 1. The molecule has 11 heteroatoms. The van der Waals surface area contributed by atoms with Crippen LogP contribution in [0, 0.1) is 0 Å². The van der Waals surface area contributed by atoms with E-state index < -0.39 is 29.3 Å². The zero-order valence-electron chi connectivity index (χ0n) is 13.9. The van der Waals surface area contributed by atoms with Gasteiger partial charge in [-0.25, -0.2) is 4.68 Å². The van der Waals surface area contributed by atoms with Crippen LogP contribution in [0.1, 0.15) is 28.2 Å². The Morgan fingerprint density at radius 2 is 2.19 bits per heavy atom. The molecule has 1 atom stereocenters. The molecular weight excluding hydrogens is 381 g/mol. The summed E-state index contributed by atoms with van der Waals surface area (Å²) in [5, 5.41) is 12.0. The number of Topliss-reactive ketones (excluding diaryl/α,β-unsaturated/α-hetero) is 1. The van der Waals surface area contributed by atoms with Crippen LogP contribution in [-0.4, -0.2) is 36.5 Å². The minimum Gasteiger partial charge on any atom is -0.320 e. The number of rotatable bonds is 4. The van der Waals surface area contributed by atoms with Gasteiger partial charge in [-0.3, -0.25) is 9.48 Å². The van der Waals surface area contributed by atoms with Gasteiger partial charge < -0.3 is 5.32 Å². The fraction of sp³-hybridized carbons (Fsp3) is 0.250. The van der Waals surface area contributed by atoms with Gasteiger partial charge in [0.25, 0.3) is 0 Å². The summed E-state index contributed by atoms with van der Waals surface area (Å²) in [6.45, 7) is 2.40. The topological polar surface area (TPSA) is 77.6 Å². The second-order valence-corrected chi connectivity index (χ2v) is 6.73. The quantitative estimate of drug-likeness (QED) is 0.688. The number of aryl methyl sites for hydroxylation is 1. The summed E-state index contributed by atoms with van der Waals surface area (Å²) in [5.74, 6) is -0.792. The van der Waals surface area contributed by atoms with E-state index in [1.807, 2.05) is 6.92 Å². The number of nitrogens with one attached hydrogen (secondary N) is 1. The van der Waals surface area contributed by atoms with E-state index in [0.29, 0.717) is 12.1 Å². The van der Waals surface area contributed by atoms with Gasteiger partial charge >= 0.3 is 6.18 Å². The molecule has 0 aromatic carbocycles. The predicted octanol–water partition coefficient (Wildman–Crippen LogP) is 3.27. The van der Waals surface area contributed by atoms with Crippen LogP contribution in [0.2, 0.25) is 0 Å². The number of anilines is 1. The molecule has 0 radical (unpaired) electrons. The lowest BCUT2D eigenvalue weighted by Gasteiger charge is -2.29. The smallest absolute Gasteiger partial charge is 0.320 e. The Bertz CT molecular complexity index is 1020. The maximum Gasteiger partial charge on any atom is 0.431 e. The Balaban J connectivity index is 1.96. The normalized spacial score (nSPS) is 17.0. The van der Waals surface area contributed by atoms with Gasteiger partial charge in [-0.15, -0.1) is 11.3 Å². The third kappa shape index (κ3) is 2.93. The van der Waals surface area contributed by atoms with Crippen molar-refractivity contribution in [1.82, 2.24) is 24.5 Å². The first-order valence-electron chi connectivity index (χ1n) is 7.98. The standard InChI is InChI=1S/C16H13F3N6OS/c1-2-24-7-9(6-21-24)12-11(13(26)10-4-3-5-27-10)14(16(17,18)19)23-15-20-8-22-25(12)15/h3-8,12H,2H2,1H3,(H,20,22,23)/t12-/m1/s1. The van der Waals surface area contributed by atoms with Gasteiger partial charge in [0.1, 0.15) is 18.1 Å². The van der Waals surface area contributed by atoms with Gasteiger partial charge in [0.05, 0.1) is 16.6 Å². The van der Waals surface area contributed by atoms with Gasteiger partial charge in [-0.05, 0) is 18.4 Å². The molecule has 140 valence electrons. The lowest BCUT2D eigenvalue weighted by Crippen LogP contribution is -2.34. The zero-order valence-corrected chi connectivity index (χ0v) is 14.8. The molecule has 4 heterocycles. The number of halogens is 3. The average molecular weight is 394 g/mol. The number of allylic oxidation sites excluding steroid dienone is 2. The average Bonchev–Trinajstić information content (AvgIpc) is 3.39. The first-order chi connectivity index (χ1) is 12.9. The van der Waals surface area contributed by atoms with Crippen LogP contribution in [0.15, 0.2) is 47.5 Å². The minimum absolute atomic E-state index is 0.0840. The molecule has 0 saturated heterocycles. The summed E-state index contributed by atoms with van der Waals surface area (Å²) in [7, 11) is 0. The van der Waals surface area contributed by atoms with E-state index >= 15 is 0 Å². The number of ketones is 1. The Hall–Kier alpha value is -2.95. The number of hydrogen-bond acceptors (Lipinski definition) is 6. The minimum atomic E-state index is -4.77. The highest BCUT2D eigenvalue weighted by molar-refractivity contribution is 7.12. The van der Waals surface area contributed by atoms with Crippen molar-refractivity contribution < 1.29 is 18.0 Å². The first-order valence-corrected chi connectivity index (χ1v) is 8.86. The molecule has 0 spiro atoms. The number of aromatic nitrogens is 5. The van der Waals surface area contributed by atoms with Gasteiger partial charge in [-0.1, -0.05) is 6.07 Å². The molecule has 0 fully saturated rings. The maximum atomic E-state index is 13.8. The summed E-state index contributed by atoms with van der Waals surface area (Å²) in [5.41, 5.74) is -1.14. The molecule has 0 saturated carbocycles. The Morgan fingerprint density at radius 3 is 2.81 bits per heavy atom. The molecule has 0 unspecified atom stereocenters. The molecule has 7 nitrogen and oxygen atoms in total. The highest BCUT2D eigenvalue weighted by Crippen LogP contribution is 2.42. The van der Waals surface area contributed by atoms with Gasteiger partial charge in [0.2, 0.25) is 11.7 Å². The van der Waals surface area contributed by atoms with Crippen molar-refractivity contribution in [3.63, 3.8) is 0 Å². The van der Waals surface area contributed by atoms with E-state index in [1.165, 1.54) is 16.9 Å². The van der Waals surface area contributed by atoms with Gasteiger partial charge in [0.15, 0.2) is 0 Å². The second kappa shape index (κ2) is 6.34. The maximum absolute atomic E-state index is 13.8. The van der Waals surface area contributed by atoms with Crippen molar-refractivity contribution in [2.45, 2.75) is 25.7 Å². The molecule has 1 aliphatic heterocycles. The number of carbonyl (C=O) groups is 1. The van der Waals surface area contributed by atoms with Crippen LogP contribution in [0.5, 0.6) is 0 Å². The third-order valence-corrected chi connectivity index (χ3v) is 5.03. The second-order valence-electron chi connectivity index (χ2n) is 5.78. The van der Waals surface area contributed by atoms with Crippen molar-refractivity contribution in [2.24, 2.45) is 0 Å². The summed E-state index contributed by atoms with van der Waals surface area (Å²) in [6.07, 6.45) is -0.567. The Kier molecular flexibility index (Phi) is 4.10. The number of fused-ring (bicyclic) bond motifs is 1. The zero-order chi connectivity index (χ0) is 19.2. The van der Waals surface area contributed by atoms with Crippen molar-refractivity contribution in [3.8, 4) is 0 Å². The van der Waals surface area contributed by atoms with E-state index in [4.69, 9.17) is 0 Å². The van der Waals surface area contributed by atoms with Crippen molar-refractivity contribution in [3.05, 3.63) is 57.9 Å². The van der Waals surface area contributed by atoms with E-state index in [0.717, 1.165) is 17.7 Å². The molecule has 0 amide bonds. The summed E-state index contributed by atoms with van der Waals surface area (Å²) < 4.78 is 44.3. The van der Waals surface area contributed by atoms with E-state index in [9.17, 15) is 18.0 Å². The summed E-state index contributed by atoms with van der Waals surface area (Å²) >= 11 is 1.08. The first kappa shape index (κ1) is 17.5. The fourth-order valence-electron chi connectivity index (χ4n) is 2.97. The number of carbonyl (C=O) groups excluding carboxylic acids is 1. The summed E-state index contributed by atoms with van der Waals surface area (Å²) in [6, 6.07) is 2.03. The molecular formula is C16H13F3N6OS. The fourth-order valence-corrected chi connectivity index (χ4v) is 3.65. The molecule has 3 aromatic rings. The monoisotopic (exact) mass is 394 g/mol. The highest BCUT2D eigenvalue weighted by atomic mass is 32.1. The largest absolute Gasteiger partial charge is 0.431 e. The molecule has 3 aromatic heterocycles. The molecule has 0 aliphatic carbocycles. The van der Waals surface area contributed by atoms with Crippen LogP contribution < -0.4 is 5.32 Å². The van der Waals surface area contributed by atoms with E-state index in [1.54, 1.807) is 22.3 Å². The van der Waals surface area contributed by atoms with Crippen LogP contribution in [0.4, 0.5) is 19.1 Å². The van der Waals surface area contributed by atoms with Crippen LogP contribution in [0.3, 0.4) is 0 Å². The molecule has 1 aliphatic rings. The lowest BCUT2D eigenvalue weighted by atomic mass is 9.93.